The van der Waals surface area contributed by atoms with Crippen molar-refractivity contribution in [3.63, 3.8) is 0 Å². The van der Waals surface area contributed by atoms with Crippen LogP contribution in [-0.4, -0.2) is 12.7 Å². The van der Waals surface area contributed by atoms with Crippen LogP contribution in [-0.2, 0) is 4.74 Å². The lowest BCUT2D eigenvalue weighted by Gasteiger charge is -2.06. The number of carbonyl (C=O) groups is 1. The number of halogens is 1. The Kier molecular flexibility index (Phi) is 4.19. The van der Waals surface area contributed by atoms with Crippen molar-refractivity contribution in [3.05, 3.63) is 27.3 Å². The maximum atomic E-state index is 11.1. The second-order valence-electron chi connectivity index (χ2n) is 2.81. The Morgan fingerprint density at radius 3 is 2.86 bits per heavy atom. The maximum Gasteiger partial charge on any atom is 0.411 e. The van der Waals surface area contributed by atoms with Crippen LogP contribution in [0.3, 0.4) is 0 Å². The molecule has 0 spiro atoms. The van der Waals surface area contributed by atoms with Crippen molar-refractivity contribution in [3.8, 4) is 0 Å². The summed E-state index contributed by atoms with van der Waals surface area (Å²) in [4.78, 5) is 11.1. The molecule has 1 rings (SSSR count). The van der Waals surface area contributed by atoms with E-state index in [1.807, 2.05) is 25.1 Å². The van der Waals surface area contributed by atoms with Crippen LogP contribution in [0.25, 0.3) is 0 Å². The molecule has 0 aliphatic carbocycles. The second kappa shape index (κ2) is 5.19. The molecule has 0 radical (unpaired) electrons. The van der Waals surface area contributed by atoms with E-state index in [4.69, 9.17) is 4.74 Å². The highest BCUT2D eigenvalue weighted by Gasteiger charge is 2.02. The highest BCUT2D eigenvalue weighted by atomic mass is 127. The fourth-order valence-corrected chi connectivity index (χ4v) is 1.47. The minimum Gasteiger partial charge on any atom is -0.450 e. The number of carbonyl (C=O) groups excluding carboxylic acids is 1. The Labute approximate surface area is 97.0 Å². The summed E-state index contributed by atoms with van der Waals surface area (Å²) >= 11 is 2.23. The van der Waals surface area contributed by atoms with Gasteiger partial charge in [-0.3, -0.25) is 5.32 Å². The summed E-state index contributed by atoms with van der Waals surface area (Å²) in [7, 11) is 0. The lowest BCUT2D eigenvalue weighted by atomic mass is 10.2. The lowest BCUT2D eigenvalue weighted by Crippen LogP contribution is -2.13. The molecule has 1 aromatic rings. The summed E-state index contributed by atoms with van der Waals surface area (Å²) in [5.41, 5.74) is 1.96. The van der Waals surface area contributed by atoms with E-state index in [1.54, 1.807) is 6.92 Å². The van der Waals surface area contributed by atoms with Gasteiger partial charge in [-0.05, 0) is 54.1 Å². The van der Waals surface area contributed by atoms with Crippen molar-refractivity contribution in [2.24, 2.45) is 0 Å². The van der Waals surface area contributed by atoms with Crippen molar-refractivity contribution < 1.29 is 9.53 Å². The standard InChI is InChI=1S/C10H12INO2/c1-3-14-10(13)12-8-5-4-7(2)9(11)6-8/h4-6H,3H2,1-2H3,(H,12,13). The number of nitrogens with one attached hydrogen (secondary N) is 1. The molecular formula is C10H12INO2. The normalized spacial score (nSPS) is 9.64. The van der Waals surface area contributed by atoms with Crippen molar-refractivity contribution in [2.75, 3.05) is 11.9 Å². The quantitative estimate of drug-likeness (QED) is 0.852. The first-order valence-corrected chi connectivity index (χ1v) is 5.41. The molecule has 0 aliphatic heterocycles. The molecule has 3 nitrogen and oxygen atoms in total. The van der Waals surface area contributed by atoms with E-state index in [9.17, 15) is 4.79 Å². The van der Waals surface area contributed by atoms with Crippen molar-refractivity contribution in [1.29, 1.82) is 0 Å². The fourth-order valence-electron chi connectivity index (χ4n) is 0.956. The Morgan fingerprint density at radius 2 is 2.29 bits per heavy atom. The van der Waals surface area contributed by atoms with Crippen molar-refractivity contribution >= 4 is 34.4 Å². The molecule has 0 heterocycles. The molecule has 0 unspecified atom stereocenters. The van der Waals surface area contributed by atoms with Crippen LogP contribution in [0.1, 0.15) is 12.5 Å². The average Bonchev–Trinajstić information content (AvgIpc) is 2.12. The first-order chi connectivity index (χ1) is 6.63. The van der Waals surface area contributed by atoms with E-state index in [0.717, 1.165) is 9.26 Å². The molecule has 1 aromatic carbocycles. The summed E-state index contributed by atoms with van der Waals surface area (Å²) in [6.07, 6.45) is -0.410. The molecule has 0 bridgehead atoms. The molecule has 76 valence electrons. The van der Waals surface area contributed by atoms with Gasteiger partial charge in [0.2, 0.25) is 0 Å². The zero-order chi connectivity index (χ0) is 10.6. The predicted molar refractivity (Wildman–Crippen MR) is 64.5 cm³/mol. The molecular weight excluding hydrogens is 293 g/mol. The number of amides is 1. The molecule has 0 saturated carbocycles. The van der Waals surface area contributed by atoms with Crippen LogP contribution in [0.4, 0.5) is 10.5 Å². The van der Waals surface area contributed by atoms with E-state index in [2.05, 4.69) is 27.9 Å². The Bertz CT molecular complexity index is 339. The molecule has 0 aliphatic rings. The van der Waals surface area contributed by atoms with Crippen molar-refractivity contribution in [2.45, 2.75) is 13.8 Å². The monoisotopic (exact) mass is 305 g/mol. The predicted octanol–water partition coefficient (Wildman–Crippen LogP) is 3.17. The van der Waals surface area contributed by atoms with Crippen LogP contribution in [0.15, 0.2) is 18.2 Å². The van der Waals surface area contributed by atoms with Gasteiger partial charge in [-0.15, -0.1) is 0 Å². The van der Waals surface area contributed by atoms with Gasteiger partial charge in [-0.2, -0.15) is 0 Å². The number of hydrogen-bond donors (Lipinski definition) is 1. The summed E-state index contributed by atoms with van der Waals surface area (Å²) < 4.78 is 5.89. The average molecular weight is 305 g/mol. The largest absolute Gasteiger partial charge is 0.450 e. The molecule has 0 atom stereocenters. The number of ether oxygens (including phenoxy) is 1. The summed E-state index contributed by atoms with van der Waals surface area (Å²) in [6.45, 7) is 4.18. The number of hydrogen-bond acceptors (Lipinski definition) is 2. The van der Waals surface area contributed by atoms with Gasteiger partial charge in [-0.25, -0.2) is 4.79 Å². The lowest BCUT2D eigenvalue weighted by molar-refractivity contribution is 0.168. The van der Waals surface area contributed by atoms with Gasteiger partial charge in [0.25, 0.3) is 0 Å². The second-order valence-corrected chi connectivity index (χ2v) is 3.97. The van der Waals surface area contributed by atoms with E-state index in [0.29, 0.717) is 6.61 Å². The molecule has 0 aromatic heterocycles. The van der Waals surface area contributed by atoms with E-state index < -0.39 is 6.09 Å². The number of anilines is 1. The highest BCUT2D eigenvalue weighted by molar-refractivity contribution is 14.1. The van der Waals surface area contributed by atoms with E-state index in [-0.39, 0.29) is 0 Å². The molecule has 14 heavy (non-hydrogen) atoms. The summed E-state index contributed by atoms with van der Waals surface area (Å²) in [6, 6.07) is 5.73. The molecule has 1 N–H and O–H groups in total. The smallest absolute Gasteiger partial charge is 0.411 e. The molecule has 4 heteroatoms. The third-order valence-electron chi connectivity index (χ3n) is 1.69. The highest BCUT2D eigenvalue weighted by Crippen LogP contribution is 2.17. The topological polar surface area (TPSA) is 38.3 Å². The van der Waals surface area contributed by atoms with Crippen LogP contribution in [0.5, 0.6) is 0 Å². The van der Waals surface area contributed by atoms with E-state index >= 15 is 0 Å². The molecule has 0 saturated heterocycles. The summed E-state index contributed by atoms with van der Waals surface area (Å²) in [5.74, 6) is 0. The Hall–Kier alpha value is -0.780. The fraction of sp³-hybridized carbons (Fsp3) is 0.300. The Morgan fingerprint density at radius 1 is 1.57 bits per heavy atom. The van der Waals surface area contributed by atoms with Crippen LogP contribution >= 0.6 is 22.6 Å². The number of aryl methyl sites for hydroxylation is 1. The zero-order valence-corrected chi connectivity index (χ0v) is 10.3. The minimum absolute atomic E-state index is 0.384. The summed E-state index contributed by atoms with van der Waals surface area (Å²) in [5, 5.41) is 2.64. The third kappa shape index (κ3) is 3.17. The van der Waals surface area contributed by atoms with Gasteiger partial charge >= 0.3 is 6.09 Å². The van der Waals surface area contributed by atoms with Crippen LogP contribution in [0.2, 0.25) is 0 Å². The van der Waals surface area contributed by atoms with Gasteiger partial charge in [0.15, 0.2) is 0 Å². The van der Waals surface area contributed by atoms with Gasteiger partial charge in [0.05, 0.1) is 6.61 Å². The van der Waals surface area contributed by atoms with Gasteiger partial charge in [0.1, 0.15) is 0 Å². The van der Waals surface area contributed by atoms with Gasteiger partial charge in [-0.1, -0.05) is 6.07 Å². The molecule has 1 amide bonds. The maximum absolute atomic E-state index is 11.1. The first-order valence-electron chi connectivity index (χ1n) is 4.33. The SMILES string of the molecule is CCOC(=O)Nc1ccc(C)c(I)c1. The molecule has 0 fully saturated rings. The Balaban J connectivity index is 2.68. The van der Waals surface area contributed by atoms with Crippen LogP contribution in [0, 0.1) is 10.5 Å². The van der Waals surface area contributed by atoms with Gasteiger partial charge in [0, 0.05) is 9.26 Å². The minimum atomic E-state index is -0.410. The van der Waals surface area contributed by atoms with E-state index in [1.165, 1.54) is 5.56 Å². The number of benzene rings is 1. The third-order valence-corrected chi connectivity index (χ3v) is 2.86. The zero-order valence-electron chi connectivity index (χ0n) is 8.13. The van der Waals surface area contributed by atoms with Gasteiger partial charge < -0.3 is 4.74 Å². The van der Waals surface area contributed by atoms with Crippen molar-refractivity contribution in [1.82, 2.24) is 0 Å². The first kappa shape index (κ1) is 11.3. The van der Waals surface area contributed by atoms with Crippen LogP contribution < -0.4 is 5.32 Å². The number of rotatable bonds is 2.